The predicted octanol–water partition coefficient (Wildman–Crippen LogP) is -0.0459. The van der Waals surface area contributed by atoms with Crippen LogP contribution >= 0.6 is 0 Å². The van der Waals surface area contributed by atoms with Crippen LogP contribution in [0.25, 0.3) is 0 Å². The van der Waals surface area contributed by atoms with Crippen molar-refractivity contribution in [2.24, 2.45) is 17.4 Å². The highest BCUT2D eigenvalue weighted by molar-refractivity contribution is 5.87. The maximum atomic E-state index is 11.2. The molecule has 0 aliphatic heterocycles. The second-order valence-corrected chi connectivity index (χ2v) is 3.92. The van der Waals surface area contributed by atoms with E-state index in [2.05, 4.69) is 0 Å². The van der Waals surface area contributed by atoms with E-state index in [4.69, 9.17) is 16.6 Å². The fourth-order valence-electron chi connectivity index (χ4n) is 1.55. The van der Waals surface area contributed by atoms with Gasteiger partial charge in [0, 0.05) is 12.3 Å². The van der Waals surface area contributed by atoms with Gasteiger partial charge in [0.1, 0.15) is 11.5 Å². The van der Waals surface area contributed by atoms with E-state index in [0.29, 0.717) is 6.42 Å². The molecular weight excluding hydrogens is 220 g/mol. The lowest BCUT2D eigenvalue weighted by molar-refractivity contribution is -0.126. The summed E-state index contributed by atoms with van der Waals surface area (Å²) in [4.78, 5) is 22.4. The summed E-state index contributed by atoms with van der Waals surface area (Å²) in [6.45, 7) is -0.0840. The molecule has 0 aliphatic rings. The molecule has 1 atom stereocenters. The summed E-state index contributed by atoms with van der Waals surface area (Å²) >= 11 is 0. The SMILES string of the molecule is NCC(=O)C[C@@H](Cc1ccc(O)cc1)C(N)=O. The van der Waals surface area contributed by atoms with Gasteiger partial charge in [-0.2, -0.15) is 0 Å². The van der Waals surface area contributed by atoms with Gasteiger partial charge in [-0.3, -0.25) is 9.59 Å². The Hall–Kier alpha value is -1.88. The molecular formula is C12H16N2O3. The summed E-state index contributed by atoms with van der Waals surface area (Å²) in [5.41, 5.74) is 11.3. The molecule has 17 heavy (non-hydrogen) atoms. The highest BCUT2D eigenvalue weighted by Gasteiger charge is 2.19. The molecule has 0 unspecified atom stereocenters. The smallest absolute Gasteiger partial charge is 0.221 e. The van der Waals surface area contributed by atoms with Crippen molar-refractivity contribution >= 4 is 11.7 Å². The van der Waals surface area contributed by atoms with Crippen LogP contribution in [-0.2, 0) is 16.0 Å². The molecule has 1 aromatic rings. The third-order valence-corrected chi connectivity index (χ3v) is 2.52. The highest BCUT2D eigenvalue weighted by atomic mass is 16.3. The number of nitrogens with two attached hydrogens (primary N) is 2. The Kier molecular flexibility index (Phi) is 4.66. The number of Topliss-reactive ketones (excluding diaryl/α,β-unsaturated/α-hetero) is 1. The van der Waals surface area contributed by atoms with Crippen LogP contribution in [0.4, 0.5) is 0 Å². The zero-order valence-corrected chi connectivity index (χ0v) is 9.43. The van der Waals surface area contributed by atoms with Crippen molar-refractivity contribution in [1.82, 2.24) is 0 Å². The van der Waals surface area contributed by atoms with Crippen molar-refractivity contribution in [1.29, 1.82) is 0 Å². The van der Waals surface area contributed by atoms with Crippen LogP contribution in [-0.4, -0.2) is 23.3 Å². The number of hydrogen-bond acceptors (Lipinski definition) is 4. The fraction of sp³-hybridized carbons (Fsp3) is 0.333. The van der Waals surface area contributed by atoms with Crippen LogP contribution < -0.4 is 11.5 Å². The lowest BCUT2D eigenvalue weighted by Crippen LogP contribution is -2.29. The first kappa shape index (κ1) is 13.2. The average molecular weight is 236 g/mol. The van der Waals surface area contributed by atoms with Gasteiger partial charge < -0.3 is 16.6 Å². The molecule has 5 nitrogen and oxygen atoms in total. The number of amides is 1. The van der Waals surface area contributed by atoms with E-state index in [1.807, 2.05) is 0 Å². The summed E-state index contributed by atoms with van der Waals surface area (Å²) < 4.78 is 0. The Morgan fingerprint density at radius 2 is 1.82 bits per heavy atom. The highest BCUT2D eigenvalue weighted by Crippen LogP contribution is 2.15. The molecule has 1 rings (SSSR count). The van der Waals surface area contributed by atoms with Crippen molar-refractivity contribution in [3.8, 4) is 5.75 Å². The van der Waals surface area contributed by atoms with Crippen LogP contribution in [0.15, 0.2) is 24.3 Å². The van der Waals surface area contributed by atoms with Gasteiger partial charge in [-0.15, -0.1) is 0 Å². The number of phenolic OH excluding ortho intramolecular Hbond substituents is 1. The second kappa shape index (κ2) is 6.00. The molecule has 0 radical (unpaired) electrons. The standard InChI is InChI=1S/C12H16N2O3/c13-7-11(16)6-9(12(14)17)5-8-1-3-10(15)4-2-8/h1-4,9,15H,5-7,13H2,(H2,14,17)/t9-/m1/s1. The van der Waals surface area contributed by atoms with Gasteiger partial charge in [-0.1, -0.05) is 12.1 Å². The normalized spacial score (nSPS) is 12.1. The minimum absolute atomic E-state index is 0.0622. The van der Waals surface area contributed by atoms with Crippen molar-refractivity contribution in [2.75, 3.05) is 6.54 Å². The van der Waals surface area contributed by atoms with E-state index in [-0.39, 0.29) is 24.5 Å². The molecule has 1 amide bonds. The number of carbonyl (C=O) groups excluding carboxylic acids is 2. The number of ketones is 1. The minimum atomic E-state index is -0.546. The fourth-order valence-corrected chi connectivity index (χ4v) is 1.55. The largest absolute Gasteiger partial charge is 0.508 e. The Morgan fingerprint density at radius 1 is 1.24 bits per heavy atom. The van der Waals surface area contributed by atoms with Crippen molar-refractivity contribution in [3.63, 3.8) is 0 Å². The molecule has 5 heteroatoms. The van der Waals surface area contributed by atoms with E-state index in [9.17, 15) is 9.59 Å². The molecule has 0 aromatic heterocycles. The van der Waals surface area contributed by atoms with E-state index in [0.717, 1.165) is 5.56 Å². The first-order chi connectivity index (χ1) is 8.02. The average Bonchev–Trinajstić information content (AvgIpc) is 2.30. The number of rotatable bonds is 6. The molecule has 0 fully saturated rings. The number of aromatic hydroxyl groups is 1. The summed E-state index contributed by atoms with van der Waals surface area (Å²) in [6.07, 6.45) is 0.439. The maximum absolute atomic E-state index is 11.2. The number of hydrogen-bond donors (Lipinski definition) is 3. The summed E-state index contributed by atoms with van der Waals surface area (Å²) in [6, 6.07) is 6.44. The van der Waals surface area contributed by atoms with Gasteiger partial charge in [-0.25, -0.2) is 0 Å². The summed E-state index contributed by atoms with van der Waals surface area (Å²) in [5.74, 6) is -1.09. The number of primary amides is 1. The lowest BCUT2D eigenvalue weighted by Gasteiger charge is -2.12. The molecule has 0 saturated carbocycles. The van der Waals surface area contributed by atoms with E-state index in [1.165, 1.54) is 12.1 Å². The quantitative estimate of drug-likeness (QED) is 0.644. The number of phenols is 1. The third-order valence-electron chi connectivity index (χ3n) is 2.52. The Bertz CT molecular complexity index is 401. The Morgan fingerprint density at radius 3 is 2.29 bits per heavy atom. The van der Waals surface area contributed by atoms with Crippen LogP contribution in [0, 0.1) is 5.92 Å². The van der Waals surface area contributed by atoms with Crippen LogP contribution in [0.3, 0.4) is 0 Å². The van der Waals surface area contributed by atoms with Gasteiger partial charge >= 0.3 is 0 Å². The molecule has 0 saturated heterocycles. The molecule has 5 N–H and O–H groups in total. The van der Waals surface area contributed by atoms with Gasteiger partial charge in [-0.05, 0) is 24.1 Å². The Labute approximate surface area is 99.4 Å². The van der Waals surface area contributed by atoms with Crippen LogP contribution in [0.5, 0.6) is 5.75 Å². The molecule has 0 heterocycles. The number of carbonyl (C=O) groups is 2. The summed E-state index contributed by atoms with van der Waals surface area (Å²) in [5, 5.41) is 9.12. The van der Waals surface area contributed by atoms with E-state index < -0.39 is 11.8 Å². The molecule has 0 spiro atoms. The van der Waals surface area contributed by atoms with E-state index in [1.54, 1.807) is 12.1 Å². The zero-order valence-electron chi connectivity index (χ0n) is 9.43. The van der Waals surface area contributed by atoms with Crippen molar-refractivity contribution in [3.05, 3.63) is 29.8 Å². The molecule has 0 bridgehead atoms. The zero-order chi connectivity index (χ0) is 12.8. The third kappa shape index (κ3) is 4.24. The van der Waals surface area contributed by atoms with E-state index >= 15 is 0 Å². The molecule has 0 aliphatic carbocycles. The first-order valence-corrected chi connectivity index (χ1v) is 5.32. The van der Waals surface area contributed by atoms with Crippen LogP contribution in [0.1, 0.15) is 12.0 Å². The van der Waals surface area contributed by atoms with Gasteiger partial charge in [0.25, 0.3) is 0 Å². The maximum Gasteiger partial charge on any atom is 0.221 e. The van der Waals surface area contributed by atoms with Gasteiger partial charge in [0.2, 0.25) is 5.91 Å². The molecule has 92 valence electrons. The predicted molar refractivity (Wildman–Crippen MR) is 63.2 cm³/mol. The number of benzene rings is 1. The molecule has 1 aromatic carbocycles. The monoisotopic (exact) mass is 236 g/mol. The van der Waals surface area contributed by atoms with Gasteiger partial charge in [0.15, 0.2) is 0 Å². The second-order valence-electron chi connectivity index (χ2n) is 3.92. The summed E-state index contributed by atoms with van der Waals surface area (Å²) in [7, 11) is 0. The topological polar surface area (TPSA) is 106 Å². The lowest BCUT2D eigenvalue weighted by atomic mass is 9.93. The van der Waals surface area contributed by atoms with Crippen LogP contribution in [0.2, 0.25) is 0 Å². The van der Waals surface area contributed by atoms with Crippen molar-refractivity contribution < 1.29 is 14.7 Å². The minimum Gasteiger partial charge on any atom is -0.508 e. The first-order valence-electron chi connectivity index (χ1n) is 5.32. The van der Waals surface area contributed by atoms with Crippen molar-refractivity contribution in [2.45, 2.75) is 12.8 Å². The van der Waals surface area contributed by atoms with Gasteiger partial charge in [0.05, 0.1) is 6.54 Å². The Balaban J connectivity index is 2.70.